The number of hydrogen-bond donors (Lipinski definition) is 2. The summed E-state index contributed by atoms with van der Waals surface area (Å²) in [5.74, 6) is -0.407. The minimum absolute atomic E-state index is 0.124. The zero-order chi connectivity index (χ0) is 23.4. The van der Waals surface area contributed by atoms with Crippen molar-refractivity contribution in [1.29, 1.82) is 0 Å². The lowest BCUT2D eigenvalue weighted by atomic mass is 10.1. The van der Waals surface area contributed by atoms with Crippen molar-refractivity contribution in [3.05, 3.63) is 108 Å². The van der Waals surface area contributed by atoms with Crippen molar-refractivity contribution in [3.8, 4) is 0 Å². The quantitative estimate of drug-likeness (QED) is 0.410. The molecule has 0 aliphatic rings. The highest BCUT2D eigenvalue weighted by Gasteiger charge is 2.26. The molecule has 0 spiro atoms. The van der Waals surface area contributed by atoms with E-state index in [0.717, 1.165) is 27.5 Å². The molecule has 1 atom stereocenters. The van der Waals surface area contributed by atoms with Crippen LogP contribution in [0.4, 0.5) is 5.69 Å². The van der Waals surface area contributed by atoms with Gasteiger partial charge in [-0.15, -0.1) is 0 Å². The molecule has 0 bridgehead atoms. The van der Waals surface area contributed by atoms with Crippen molar-refractivity contribution >= 4 is 32.4 Å². The van der Waals surface area contributed by atoms with Crippen LogP contribution in [0.5, 0.6) is 0 Å². The van der Waals surface area contributed by atoms with Gasteiger partial charge in [0.05, 0.1) is 4.90 Å². The average molecular weight is 459 g/mol. The first-order valence-electron chi connectivity index (χ1n) is 10.7. The molecule has 2 N–H and O–H groups in total. The summed E-state index contributed by atoms with van der Waals surface area (Å²) >= 11 is 0. The van der Waals surface area contributed by atoms with E-state index in [1.54, 1.807) is 18.2 Å². The van der Waals surface area contributed by atoms with Crippen molar-refractivity contribution < 1.29 is 13.2 Å². The van der Waals surface area contributed by atoms with E-state index in [9.17, 15) is 13.2 Å². The first-order chi connectivity index (χ1) is 15.8. The van der Waals surface area contributed by atoms with E-state index >= 15 is 0 Å². The minimum Gasteiger partial charge on any atom is -0.324 e. The van der Waals surface area contributed by atoms with Crippen molar-refractivity contribution in [2.75, 3.05) is 5.32 Å². The fourth-order valence-corrected chi connectivity index (χ4v) is 5.03. The Bertz CT molecular complexity index is 1400. The van der Waals surface area contributed by atoms with Crippen LogP contribution in [0.1, 0.15) is 16.7 Å². The van der Waals surface area contributed by atoms with Gasteiger partial charge in [-0.1, -0.05) is 78.4 Å². The van der Waals surface area contributed by atoms with Crippen molar-refractivity contribution in [1.82, 2.24) is 4.72 Å². The Kier molecular flexibility index (Phi) is 6.58. The fraction of sp³-hybridized carbons (Fsp3) is 0.148. The number of sulfonamides is 1. The van der Waals surface area contributed by atoms with Gasteiger partial charge in [0.1, 0.15) is 6.04 Å². The molecular weight excluding hydrogens is 432 g/mol. The van der Waals surface area contributed by atoms with Crippen molar-refractivity contribution in [2.24, 2.45) is 0 Å². The Balaban J connectivity index is 1.63. The van der Waals surface area contributed by atoms with E-state index in [-0.39, 0.29) is 11.3 Å². The van der Waals surface area contributed by atoms with Gasteiger partial charge in [-0.05, 0) is 60.4 Å². The standard InChI is InChI=1S/C27H26N2O3S/c1-19-12-15-25(20(2)16-19)28-27(30)26(17-21-8-4-3-5-9-21)29-33(31,32)24-14-13-22-10-6-7-11-23(22)18-24/h3-16,18,26,29H,17H2,1-2H3,(H,28,30)/t26-/m0/s1. The minimum atomic E-state index is -3.94. The third kappa shape index (κ3) is 5.48. The summed E-state index contributed by atoms with van der Waals surface area (Å²) in [7, 11) is -3.94. The molecule has 0 fully saturated rings. The maximum Gasteiger partial charge on any atom is 0.242 e. The summed E-state index contributed by atoms with van der Waals surface area (Å²) in [6, 6.07) is 26.6. The molecule has 0 aromatic heterocycles. The van der Waals surface area contributed by atoms with Crippen LogP contribution in [0.3, 0.4) is 0 Å². The topological polar surface area (TPSA) is 75.3 Å². The zero-order valence-corrected chi connectivity index (χ0v) is 19.4. The smallest absolute Gasteiger partial charge is 0.242 e. The lowest BCUT2D eigenvalue weighted by Crippen LogP contribution is -2.45. The maximum absolute atomic E-state index is 13.3. The summed E-state index contributed by atoms with van der Waals surface area (Å²) in [4.78, 5) is 13.4. The predicted octanol–water partition coefficient (Wildman–Crippen LogP) is 4.98. The van der Waals surface area contributed by atoms with Crippen LogP contribution in [-0.2, 0) is 21.2 Å². The second-order valence-electron chi connectivity index (χ2n) is 8.18. The van der Waals surface area contributed by atoms with Crippen molar-refractivity contribution in [3.63, 3.8) is 0 Å². The molecule has 0 heterocycles. The lowest BCUT2D eigenvalue weighted by molar-refractivity contribution is -0.117. The number of amides is 1. The summed E-state index contributed by atoms with van der Waals surface area (Å²) in [6.45, 7) is 3.89. The monoisotopic (exact) mass is 458 g/mol. The Labute approximate surface area is 194 Å². The molecule has 0 unspecified atom stereocenters. The summed E-state index contributed by atoms with van der Waals surface area (Å²) in [5, 5.41) is 4.66. The molecule has 168 valence electrons. The third-order valence-electron chi connectivity index (χ3n) is 5.57. The van der Waals surface area contributed by atoms with Gasteiger partial charge in [-0.2, -0.15) is 4.72 Å². The molecule has 6 heteroatoms. The molecule has 1 amide bonds. The molecule has 4 aromatic rings. The van der Waals surface area contributed by atoms with Gasteiger partial charge in [-0.25, -0.2) is 8.42 Å². The van der Waals surface area contributed by atoms with Gasteiger partial charge in [0, 0.05) is 5.69 Å². The van der Waals surface area contributed by atoms with E-state index in [1.165, 1.54) is 0 Å². The van der Waals surface area contributed by atoms with Crippen LogP contribution < -0.4 is 10.0 Å². The van der Waals surface area contributed by atoms with Gasteiger partial charge < -0.3 is 5.32 Å². The van der Waals surface area contributed by atoms with E-state index < -0.39 is 22.0 Å². The molecule has 4 aromatic carbocycles. The van der Waals surface area contributed by atoms with Crippen LogP contribution in [0.25, 0.3) is 10.8 Å². The number of carbonyl (C=O) groups excluding carboxylic acids is 1. The molecule has 4 rings (SSSR count). The summed E-state index contributed by atoms with van der Waals surface area (Å²) in [5.41, 5.74) is 3.52. The summed E-state index contributed by atoms with van der Waals surface area (Å²) < 4.78 is 29.1. The van der Waals surface area contributed by atoms with E-state index in [0.29, 0.717) is 5.69 Å². The average Bonchev–Trinajstić information content (AvgIpc) is 2.80. The van der Waals surface area contributed by atoms with E-state index in [2.05, 4.69) is 10.0 Å². The van der Waals surface area contributed by atoms with Crippen LogP contribution in [0, 0.1) is 13.8 Å². The number of carbonyl (C=O) groups is 1. The van der Waals surface area contributed by atoms with E-state index in [4.69, 9.17) is 0 Å². The van der Waals surface area contributed by atoms with Crippen molar-refractivity contribution in [2.45, 2.75) is 31.2 Å². The predicted molar refractivity (Wildman–Crippen MR) is 133 cm³/mol. The fourth-order valence-electron chi connectivity index (χ4n) is 3.80. The van der Waals surface area contributed by atoms with Gasteiger partial charge in [0.2, 0.25) is 15.9 Å². The Morgan fingerprint density at radius 3 is 2.24 bits per heavy atom. The number of anilines is 1. The van der Waals surface area contributed by atoms with Crippen LogP contribution in [0.2, 0.25) is 0 Å². The van der Waals surface area contributed by atoms with Crippen LogP contribution >= 0.6 is 0 Å². The molecule has 0 saturated carbocycles. The highest BCUT2D eigenvalue weighted by Crippen LogP contribution is 2.21. The first-order valence-corrected chi connectivity index (χ1v) is 12.2. The number of aryl methyl sites for hydroxylation is 2. The molecule has 0 aliphatic heterocycles. The van der Waals surface area contributed by atoms with Gasteiger partial charge in [0.15, 0.2) is 0 Å². The second kappa shape index (κ2) is 9.57. The number of fused-ring (bicyclic) bond motifs is 1. The first kappa shape index (κ1) is 22.7. The van der Waals surface area contributed by atoms with Crippen LogP contribution in [0.15, 0.2) is 95.9 Å². The molecule has 0 aliphatic carbocycles. The number of hydrogen-bond acceptors (Lipinski definition) is 3. The van der Waals surface area contributed by atoms with Gasteiger partial charge in [-0.3, -0.25) is 4.79 Å². The number of benzene rings is 4. The molecular formula is C27H26N2O3S. The zero-order valence-electron chi connectivity index (χ0n) is 18.6. The number of nitrogens with one attached hydrogen (secondary N) is 2. The lowest BCUT2D eigenvalue weighted by Gasteiger charge is -2.20. The highest BCUT2D eigenvalue weighted by molar-refractivity contribution is 7.89. The Morgan fingerprint density at radius 2 is 1.52 bits per heavy atom. The normalized spacial score (nSPS) is 12.4. The van der Waals surface area contributed by atoms with Gasteiger partial charge in [0.25, 0.3) is 0 Å². The Hall–Kier alpha value is -3.48. The van der Waals surface area contributed by atoms with Gasteiger partial charge >= 0.3 is 0 Å². The maximum atomic E-state index is 13.3. The van der Waals surface area contributed by atoms with Crippen LogP contribution in [-0.4, -0.2) is 20.4 Å². The Morgan fingerprint density at radius 1 is 0.818 bits per heavy atom. The molecule has 5 nitrogen and oxygen atoms in total. The SMILES string of the molecule is Cc1ccc(NC(=O)[C@H](Cc2ccccc2)NS(=O)(=O)c2ccc3ccccc3c2)c(C)c1. The van der Waals surface area contributed by atoms with E-state index in [1.807, 2.05) is 86.6 Å². The third-order valence-corrected chi connectivity index (χ3v) is 7.04. The second-order valence-corrected chi connectivity index (χ2v) is 9.89. The largest absolute Gasteiger partial charge is 0.324 e. The molecule has 33 heavy (non-hydrogen) atoms. The number of rotatable bonds is 7. The molecule has 0 radical (unpaired) electrons. The molecule has 0 saturated heterocycles. The summed E-state index contributed by atoms with van der Waals surface area (Å²) in [6.07, 6.45) is 0.227. The highest BCUT2D eigenvalue weighted by atomic mass is 32.2.